The second-order valence-corrected chi connectivity index (χ2v) is 8.57. The molecule has 1 N–H and O–H groups in total. The van der Waals surface area contributed by atoms with Crippen LogP contribution in [0.3, 0.4) is 0 Å². The van der Waals surface area contributed by atoms with Gasteiger partial charge in [-0.05, 0) is 25.5 Å². The Morgan fingerprint density at radius 3 is 2.95 bits per heavy atom. The minimum absolute atomic E-state index is 0.569. The number of rotatable bonds is 6. The molecule has 2 heterocycles. The summed E-state index contributed by atoms with van der Waals surface area (Å²) in [7, 11) is 0. The van der Waals surface area contributed by atoms with E-state index in [4.69, 9.17) is 5.10 Å². The largest absolute Gasteiger partial charge is 0.313 e. The predicted octanol–water partition coefficient (Wildman–Crippen LogP) is 3.37. The van der Waals surface area contributed by atoms with Crippen molar-refractivity contribution in [1.82, 2.24) is 15.1 Å². The molecule has 2 atom stereocenters. The first kappa shape index (κ1) is 15.8. The molecular weight excluding hydrogens is 298 g/mol. The highest BCUT2D eigenvalue weighted by Gasteiger charge is 2.25. The van der Waals surface area contributed by atoms with Crippen LogP contribution in [0.4, 0.5) is 0 Å². The molecule has 3 nitrogen and oxygen atoms in total. The predicted molar refractivity (Wildman–Crippen MR) is 94.5 cm³/mol. The summed E-state index contributed by atoms with van der Waals surface area (Å²) in [5, 5.41) is 9.30. The molecule has 0 aromatic carbocycles. The van der Waals surface area contributed by atoms with Gasteiger partial charge < -0.3 is 5.32 Å². The van der Waals surface area contributed by atoms with Crippen molar-refractivity contribution in [2.75, 3.05) is 23.8 Å². The fourth-order valence-corrected chi connectivity index (χ4v) is 6.31. The van der Waals surface area contributed by atoms with Crippen LogP contribution in [-0.2, 0) is 6.42 Å². The number of likely N-dealkylation sites (N-methyl/N-ethyl adjacent to an activating group) is 1. The van der Waals surface area contributed by atoms with E-state index >= 15 is 0 Å². The van der Waals surface area contributed by atoms with Crippen molar-refractivity contribution >= 4 is 23.5 Å². The third kappa shape index (κ3) is 4.20. The van der Waals surface area contributed by atoms with Crippen LogP contribution >= 0.6 is 23.5 Å². The fourth-order valence-electron chi connectivity index (χ4n) is 3.42. The molecule has 1 aromatic rings. The Labute approximate surface area is 137 Å². The summed E-state index contributed by atoms with van der Waals surface area (Å²) in [5.41, 5.74) is 1.27. The molecule has 118 valence electrons. The van der Waals surface area contributed by atoms with E-state index < -0.39 is 0 Å². The van der Waals surface area contributed by atoms with Crippen LogP contribution in [0.15, 0.2) is 12.3 Å². The van der Waals surface area contributed by atoms with E-state index in [0.717, 1.165) is 18.2 Å². The Hall–Kier alpha value is -0.130. The summed E-state index contributed by atoms with van der Waals surface area (Å²) in [6.07, 6.45) is 8.65. The molecule has 2 unspecified atom stereocenters. The average molecular weight is 326 g/mol. The molecule has 3 rings (SSSR count). The van der Waals surface area contributed by atoms with Gasteiger partial charge in [-0.15, -0.1) is 0 Å². The van der Waals surface area contributed by atoms with Crippen molar-refractivity contribution < 1.29 is 0 Å². The Morgan fingerprint density at radius 2 is 2.24 bits per heavy atom. The van der Waals surface area contributed by atoms with Crippen molar-refractivity contribution in [2.24, 2.45) is 0 Å². The van der Waals surface area contributed by atoms with Crippen LogP contribution in [0, 0.1) is 0 Å². The normalized spacial score (nSPS) is 25.3. The number of thioether (sulfide) groups is 2. The maximum atomic E-state index is 4.87. The van der Waals surface area contributed by atoms with Crippen molar-refractivity contribution in [3.63, 3.8) is 0 Å². The van der Waals surface area contributed by atoms with Gasteiger partial charge in [0.25, 0.3) is 0 Å². The van der Waals surface area contributed by atoms with Gasteiger partial charge >= 0.3 is 0 Å². The quantitative estimate of drug-likeness (QED) is 0.868. The first-order chi connectivity index (χ1) is 10.4. The van der Waals surface area contributed by atoms with Crippen LogP contribution in [-0.4, -0.2) is 44.9 Å². The third-order valence-electron chi connectivity index (χ3n) is 4.55. The first-order valence-corrected chi connectivity index (χ1v) is 10.5. The zero-order chi connectivity index (χ0) is 14.5. The molecule has 0 radical (unpaired) electrons. The molecular formula is C16H27N3S2. The van der Waals surface area contributed by atoms with Crippen LogP contribution in [0.2, 0.25) is 0 Å². The minimum atomic E-state index is 0.569. The van der Waals surface area contributed by atoms with Crippen LogP contribution in [0.1, 0.15) is 44.3 Å². The van der Waals surface area contributed by atoms with E-state index in [0.29, 0.717) is 12.1 Å². The lowest BCUT2D eigenvalue weighted by Gasteiger charge is -2.29. The summed E-state index contributed by atoms with van der Waals surface area (Å²) in [5.74, 6) is 3.90. The van der Waals surface area contributed by atoms with Crippen LogP contribution in [0.25, 0.3) is 0 Å². The zero-order valence-electron chi connectivity index (χ0n) is 13.0. The van der Waals surface area contributed by atoms with Gasteiger partial charge in [0.2, 0.25) is 0 Å². The van der Waals surface area contributed by atoms with E-state index in [-0.39, 0.29) is 0 Å². The molecule has 1 saturated heterocycles. The smallest absolute Gasteiger partial charge is 0.0640 e. The van der Waals surface area contributed by atoms with Gasteiger partial charge in [0.15, 0.2) is 0 Å². The zero-order valence-corrected chi connectivity index (χ0v) is 14.6. The van der Waals surface area contributed by atoms with Gasteiger partial charge in [0, 0.05) is 41.2 Å². The maximum Gasteiger partial charge on any atom is 0.0640 e. The van der Waals surface area contributed by atoms with Crippen LogP contribution < -0.4 is 5.32 Å². The van der Waals surface area contributed by atoms with E-state index in [9.17, 15) is 0 Å². The summed E-state index contributed by atoms with van der Waals surface area (Å²) in [4.78, 5) is 0. The van der Waals surface area contributed by atoms with Gasteiger partial charge in [-0.2, -0.15) is 28.6 Å². The molecule has 0 bridgehead atoms. The van der Waals surface area contributed by atoms with Gasteiger partial charge in [0.05, 0.1) is 11.7 Å². The lowest BCUT2D eigenvalue weighted by Crippen LogP contribution is -2.42. The van der Waals surface area contributed by atoms with E-state index in [1.807, 2.05) is 0 Å². The maximum absolute atomic E-state index is 4.87. The lowest BCUT2D eigenvalue weighted by atomic mass is 10.1. The van der Waals surface area contributed by atoms with Crippen molar-refractivity contribution in [1.29, 1.82) is 0 Å². The molecule has 2 fully saturated rings. The molecule has 1 aromatic heterocycles. The first-order valence-electron chi connectivity index (χ1n) is 8.33. The average Bonchev–Trinajstić information content (AvgIpc) is 3.19. The molecule has 1 saturated carbocycles. The second-order valence-electron chi connectivity index (χ2n) is 6.08. The number of nitrogens with zero attached hydrogens (tertiary/aromatic N) is 2. The number of hydrogen-bond donors (Lipinski definition) is 1. The van der Waals surface area contributed by atoms with Crippen molar-refractivity contribution in [2.45, 2.75) is 56.4 Å². The standard InChI is InChI=1S/C16H27N3S2/c1-2-17-15(16-12-20-9-10-21-16)11-13-7-8-19(18-13)14-5-3-4-6-14/h7-8,14-17H,2-6,9-12H2,1H3. The minimum Gasteiger partial charge on any atom is -0.313 e. The number of nitrogens with one attached hydrogen (secondary N) is 1. The SMILES string of the molecule is CCNC(Cc1ccn(C2CCCC2)n1)C1CSCCS1. The monoisotopic (exact) mass is 325 g/mol. The van der Waals surface area contributed by atoms with E-state index in [2.05, 4.69) is 52.7 Å². The summed E-state index contributed by atoms with van der Waals surface area (Å²) in [6.45, 7) is 3.26. The van der Waals surface area contributed by atoms with Gasteiger partial charge in [0.1, 0.15) is 0 Å². The topological polar surface area (TPSA) is 29.9 Å². The Balaban J connectivity index is 1.61. The summed E-state index contributed by atoms with van der Waals surface area (Å²) in [6, 6.07) is 3.47. The van der Waals surface area contributed by atoms with Gasteiger partial charge in [-0.3, -0.25) is 4.68 Å². The van der Waals surface area contributed by atoms with E-state index in [1.165, 1.54) is 48.6 Å². The third-order valence-corrected chi connectivity index (χ3v) is 7.47. The van der Waals surface area contributed by atoms with Crippen molar-refractivity contribution in [3.8, 4) is 0 Å². The highest BCUT2D eigenvalue weighted by Crippen LogP contribution is 2.30. The summed E-state index contributed by atoms with van der Waals surface area (Å²) >= 11 is 4.25. The fraction of sp³-hybridized carbons (Fsp3) is 0.812. The van der Waals surface area contributed by atoms with E-state index in [1.54, 1.807) is 0 Å². The molecule has 21 heavy (non-hydrogen) atoms. The molecule has 1 aliphatic carbocycles. The molecule has 1 aliphatic heterocycles. The lowest BCUT2D eigenvalue weighted by molar-refractivity contribution is 0.455. The number of hydrogen-bond acceptors (Lipinski definition) is 4. The molecule has 2 aliphatic rings. The van der Waals surface area contributed by atoms with Gasteiger partial charge in [-0.25, -0.2) is 0 Å². The molecule has 5 heteroatoms. The Kier molecular flexibility index (Phi) is 5.95. The molecule has 0 amide bonds. The highest BCUT2D eigenvalue weighted by atomic mass is 32.2. The second kappa shape index (κ2) is 7.93. The van der Waals surface area contributed by atoms with Crippen LogP contribution in [0.5, 0.6) is 0 Å². The molecule has 0 spiro atoms. The Morgan fingerprint density at radius 1 is 1.38 bits per heavy atom. The highest BCUT2D eigenvalue weighted by molar-refractivity contribution is 8.06. The van der Waals surface area contributed by atoms with Gasteiger partial charge in [-0.1, -0.05) is 19.8 Å². The Bertz CT molecular complexity index is 423. The summed E-state index contributed by atoms with van der Waals surface area (Å²) < 4.78 is 2.23. The van der Waals surface area contributed by atoms with Crippen molar-refractivity contribution in [3.05, 3.63) is 18.0 Å². The number of aromatic nitrogens is 2.